The summed E-state index contributed by atoms with van der Waals surface area (Å²) in [6, 6.07) is 0. The third kappa shape index (κ3) is 4.66. The first-order valence-corrected chi connectivity index (χ1v) is 5.65. The molecule has 0 amide bonds. The summed E-state index contributed by atoms with van der Waals surface area (Å²) in [4.78, 5) is 2.44. The maximum absolute atomic E-state index is 2.44. The van der Waals surface area contributed by atoms with E-state index in [-0.39, 0.29) is 0 Å². The normalized spacial score (nSPS) is 15.0. The van der Waals surface area contributed by atoms with Crippen molar-refractivity contribution < 1.29 is 0 Å². The van der Waals surface area contributed by atoms with Crippen LogP contribution in [0.2, 0.25) is 0 Å². The maximum Gasteiger partial charge on any atom is 0.0152 e. The first-order valence-electron chi connectivity index (χ1n) is 5.65. The fraction of sp³-hybridized carbons (Fsp3) is 1.00. The van der Waals surface area contributed by atoms with Crippen molar-refractivity contribution in [2.75, 3.05) is 13.6 Å². The predicted octanol–water partition coefficient (Wildman–Crippen LogP) is 3.54. The van der Waals surface area contributed by atoms with Crippen molar-refractivity contribution in [3.63, 3.8) is 0 Å². The molecule has 0 saturated carbocycles. The Morgan fingerprint density at radius 2 is 1.77 bits per heavy atom. The van der Waals surface area contributed by atoms with Crippen LogP contribution in [0, 0.1) is 5.92 Å². The maximum atomic E-state index is 2.44. The zero-order valence-corrected chi connectivity index (χ0v) is 10.4. The highest BCUT2D eigenvalue weighted by atomic mass is 15.2. The topological polar surface area (TPSA) is 3.24 Å². The largest absolute Gasteiger partial charge is 0.302 e. The molecule has 0 rings (SSSR count). The summed E-state index contributed by atoms with van der Waals surface area (Å²) in [7, 11) is 2.22. The van der Waals surface area contributed by atoms with E-state index in [4.69, 9.17) is 0 Å². The molecule has 0 saturated heterocycles. The van der Waals surface area contributed by atoms with Gasteiger partial charge in [0.2, 0.25) is 0 Å². The van der Waals surface area contributed by atoms with E-state index in [0.717, 1.165) is 12.5 Å². The molecule has 0 bridgehead atoms. The van der Waals surface area contributed by atoms with Crippen LogP contribution in [0.15, 0.2) is 0 Å². The van der Waals surface area contributed by atoms with E-state index >= 15 is 0 Å². The van der Waals surface area contributed by atoms with Crippen molar-refractivity contribution in [1.82, 2.24) is 4.90 Å². The molecule has 1 atom stereocenters. The summed E-state index contributed by atoms with van der Waals surface area (Å²) in [6.45, 7) is 12.7. The average molecular weight is 185 g/mol. The molecular formula is C12H27N. The van der Waals surface area contributed by atoms with Crippen molar-refractivity contribution in [3.8, 4) is 0 Å². The molecule has 0 fully saturated rings. The minimum atomic E-state index is 0.364. The van der Waals surface area contributed by atoms with Crippen LogP contribution in [-0.4, -0.2) is 24.0 Å². The quantitative estimate of drug-likeness (QED) is 0.612. The molecule has 0 aliphatic carbocycles. The van der Waals surface area contributed by atoms with Gasteiger partial charge in [-0.15, -0.1) is 0 Å². The third-order valence-corrected chi connectivity index (χ3v) is 3.14. The van der Waals surface area contributed by atoms with Gasteiger partial charge < -0.3 is 4.90 Å². The molecule has 0 aromatic heterocycles. The van der Waals surface area contributed by atoms with E-state index in [2.05, 4.69) is 46.6 Å². The number of hydrogen-bond acceptors (Lipinski definition) is 1. The van der Waals surface area contributed by atoms with E-state index < -0.39 is 0 Å². The molecule has 0 heterocycles. The van der Waals surface area contributed by atoms with Gasteiger partial charge in [0.15, 0.2) is 0 Å². The molecule has 1 heteroatoms. The molecule has 0 aliphatic rings. The van der Waals surface area contributed by atoms with Crippen LogP contribution in [0.1, 0.15) is 53.9 Å². The van der Waals surface area contributed by atoms with Gasteiger partial charge in [-0.1, -0.05) is 33.6 Å². The number of nitrogens with zero attached hydrogens (tertiary/aromatic N) is 1. The van der Waals surface area contributed by atoms with Gasteiger partial charge in [0.05, 0.1) is 0 Å². The van der Waals surface area contributed by atoms with Gasteiger partial charge in [-0.05, 0) is 39.8 Å². The van der Waals surface area contributed by atoms with Gasteiger partial charge in [-0.25, -0.2) is 0 Å². The molecule has 0 radical (unpaired) electrons. The Hall–Kier alpha value is -0.0400. The summed E-state index contributed by atoms with van der Waals surface area (Å²) in [6.07, 6.45) is 3.99. The smallest absolute Gasteiger partial charge is 0.0152 e. The first-order chi connectivity index (χ1) is 5.94. The summed E-state index contributed by atoms with van der Waals surface area (Å²) >= 11 is 0. The molecule has 0 N–H and O–H groups in total. The standard InChI is InChI=1S/C12H27N/c1-7-9-11(3)10-12(4,5)13(6)8-2/h11H,7-10H2,1-6H3/t11-/m1/s1. The zero-order valence-electron chi connectivity index (χ0n) is 10.4. The van der Waals surface area contributed by atoms with Crippen LogP contribution in [-0.2, 0) is 0 Å². The second-order valence-electron chi connectivity index (χ2n) is 4.92. The second kappa shape index (κ2) is 5.64. The first kappa shape index (κ1) is 13.0. The van der Waals surface area contributed by atoms with Gasteiger partial charge in [-0.3, -0.25) is 0 Å². The minimum Gasteiger partial charge on any atom is -0.302 e. The monoisotopic (exact) mass is 185 g/mol. The molecule has 0 aromatic rings. The Morgan fingerprint density at radius 1 is 1.23 bits per heavy atom. The van der Waals surface area contributed by atoms with E-state index in [1.54, 1.807) is 0 Å². The molecule has 80 valence electrons. The summed E-state index contributed by atoms with van der Waals surface area (Å²) in [5, 5.41) is 0. The fourth-order valence-corrected chi connectivity index (χ4v) is 2.03. The Balaban J connectivity index is 3.99. The van der Waals surface area contributed by atoms with Crippen LogP contribution in [0.3, 0.4) is 0 Å². The van der Waals surface area contributed by atoms with Gasteiger partial charge in [-0.2, -0.15) is 0 Å². The fourth-order valence-electron chi connectivity index (χ4n) is 2.03. The Bertz CT molecular complexity index is 129. The molecule has 0 aliphatic heterocycles. The lowest BCUT2D eigenvalue weighted by Crippen LogP contribution is -2.42. The van der Waals surface area contributed by atoms with Crippen molar-refractivity contribution in [2.24, 2.45) is 5.92 Å². The second-order valence-corrected chi connectivity index (χ2v) is 4.92. The van der Waals surface area contributed by atoms with Crippen molar-refractivity contribution >= 4 is 0 Å². The number of hydrogen-bond donors (Lipinski definition) is 0. The molecule has 1 nitrogen and oxygen atoms in total. The summed E-state index contributed by atoms with van der Waals surface area (Å²) < 4.78 is 0. The highest BCUT2D eigenvalue weighted by molar-refractivity contribution is 4.80. The van der Waals surface area contributed by atoms with Crippen LogP contribution >= 0.6 is 0 Å². The molecular weight excluding hydrogens is 158 g/mol. The SMILES string of the molecule is CCC[C@@H](C)CC(C)(C)N(C)CC. The Labute approximate surface area is 84.5 Å². The van der Waals surface area contributed by atoms with Gasteiger partial charge in [0, 0.05) is 5.54 Å². The Kier molecular flexibility index (Phi) is 5.62. The van der Waals surface area contributed by atoms with Gasteiger partial charge >= 0.3 is 0 Å². The molecule has 0 aromatic carbocycles. The molecule has 0 spiro atoms. The van der Waals surface area contributed by atoms with Crippen molar-refractivity contribution in [1.29, 1.82) is 0 Å². The van der Waals surface area contributed by atoms with E-state index in [9.17, 15) is 0 Å². The van der Waals surface area contributed by atoms with E-state index in [0.29, 0.717) is 5.54 Å². The van der Waals surface area contributed by atoms with Crippen LogP contribution in [0.5, 0.6) is 0 Å². The lowest BCUT2D eigenvalue weighted by molar-refractivity contribution is 0.131. The Morgan fingerprint density at radius 3 is 2.15 bits per heavy atom. The van der Waals surface area contributed by atoms with Gasteiger partial charge in [0.1, 0.15) is 0 Å². The van der Waals surface area contributed by atoms with Crippen molar-refractivity contribution in [2.45, 2.75) is 59.4 Å². The molecule has 13 heavy (non-hydrogen) atoms. The minimum absolute atomic E-state index is 0.364. The van der Waals surface area contributed by atoms with E-state index in [1.807, 2.05) is 0 Å². The van der Waals surface area contributed by atoms with E-state index in [1.165, 1.54) is 19.3 Å². The number of rotatable bonds is 6. The van der Waals surface area contributed by atoms with Crippen molar-refractivity contribution in [3.05, 3.63) is 0 Å². The highest BCUT2D eigenvalue weighted by Gasteiger charge is 2.24. The summed E-state index contributed by atoms with van der Waals surface area (Å²) in [5.74, 6) is 0.856. The lowest BCUT2D eigenvalue weighted by atomic mass is 9.88. The summed E-state index contributed by atoms with van der Waals surface area (Å²) in [5.41, 5.74) is 0.364. The lowest BCUT2D eigenvalue weighted by Gasteiger charge is -2.37. The average Bonchev–Trinajstić information content (AvgIpc) is 2.02. The van der Waals surface area contributed by atoms with Crippen LogP contribution in [0.4, 0.5) is 0 Å². The molecule has 0 unspecified atom stereocenters. The van der Waals surface area contributed by atoms with Crippen LogP contribution in [0.25, 0.3) is 0 Å². The highest BCUT2D eigenvalue weighted by Crippen LogP contribution is 2.24. The van der Waals surface area contributed by atoms with Gasteiger partial charge in [0.25, 0.3) is 0 Å². The third-order valence-electron chi connectivity index (χ3n) is 3.14. The predicted molar refractivity (Wildman–Crippen MR) is 61.1 cm³/mol. The zero-order chi connectivity index (χ0) is 10.5. The van der Waals surface area contributed by atoms with Crippen LogP contribution < -0.4 is 0 Å².